The Bertz CT molecular complexity index is 748. The van der Waals surface area contributed by atoms with Gasteiger partial charge in [0, 0.05) is 57.5 Å². The van der Waals surface area contributed by atoms with Crippen LogP contribution in [-0.2, 0) is 55.0 Å². The molecule has 3 rings (SSSR count). The molecule has 0 aliphatic rings. The molecule has 0 saturated carbocycles. The van der Waals surface area contributed by atoms with Gasteiger partial charge in [0.1, 0.15) is 0 Å². The zero-order valence-corrected chi connectivity index (χ0v) is 22.0. The summed E-state index contributed by atoms with van der Waals surface area (Å²) in [4.78, 5) is 0. The van der Waals surface area contributed by atoms with E-state index in [0.29, 0.717) is 0 Å². The largest absolute Gasteiger partial charge is 0.283 e. The van der Waals surface area contributed by atoms with E-state index in [-0.39, 0.29) is 47.2 Å². The van der Waals surface area contributed by atoms with Crippen LogP contribution in [0, 0.1) is 0 Å². The fourth-order valence-corrected chi connectivity index (χ4v) is 4.36. The van der Waals surface area contributed by atoms with Crippen LogP contribution in [0.15, 0.2) is 0 Å². The van der Waals surface area contributed by atoms with Crippen molar-refractivity contribution in [3.05, 3.63) is 34.2 Å². The molecule has 0 aliphatic carbocycles. The van der Waals surface area contributed by atoms with Crippen LogP contribution in [0.1, 0.15) is 75.7 Å². The van der Waals surface area contributed by atoms with Crippen LogP contribution in [0.3, 0.4) is 0 Å². The van der Waals surface area contributed by atoms with Crippen LogP contribution in [0.25, 0.3) is 0 Å². The number of aromatic amines is 3. The number of nitrogens with one attached hydrogen (secondary N) is 3. The molecule has 3 aromatic heterocycles. The van der Waals surface area contributed by atoms with E-state index >= 15 is 0 Å². The summed E-state index contributed by atoms with van der Waals surface area (Å²) in [5.74, 6) is 0. The predicted molar refractivity (Wildman–Crippen MR) is 131 cm³/mol. The number of aromatic nitrogens is 6. The second-order valence-electron chi connectivity index (χ2n) is 7.24. The summed E-state index contributed by atoms with van der Waals surface area (Å²) in [5.41, 5.74) is 11.1. The topological polar surface area (TPSA) is 86.0 Å². The Kier molecular flexibility index (Phi) is 10.9. The molecule has 30 heavy (non-hydrogen) atoms. The molecule has 9 heteroatoms. The molecule has 3 heterocycles. The van der Waals surface area contributed by atoms with Gasteiger partial charge in [-0.1, -0.05) is 41.5 Å². The Morgan fingerprint density at radius 2 is 0.800 bits per heavy atom. The molecule has 0 aromatic carbocycles. The average molecular weight is 566 g/mol. The molecule has 0 amide bonds. The van der Waals surface area contributed by atoms with E-state index in [1.165, 1.54) is 33.5 Å². The quantitative estimate of drug-likeness (QED) is 0.275. The van der Waals surface area contributed by atoms with E-state index in [2.05, 4.69) is 72.1 Å². The number of halogens is 1. The first-order valence-electron chi connectivity index (χ1n) is 10.8. The van der Waals surface area contributed by atoms with Gasteiger partial charge >= 0.3 is 0 Å². The summed E-state index contributed by atoms with van der Waals surface area (Å²) in [6, 6.07) is 0. The third kappa shape index (κ3) is 4.72. The zero-order chi connectivity index (χ0) is 20.3. The fourth-order valence-electron chi connectivity index (χ4n) is 4.36. The van der Waals surface area contributed by atoms with Gasteiger partial charge in [-0.05, 0) is 54.9 Å². The number of nitrogens with zero attached hydrogens (tertiary/aromatic N) is 3. The number of rotatable bonds is 9. The van der Waals surface area contributed by atoms with Crippen LogP contribution in [0.4, 0.5) is 0 Å². The Morgan fingerprint density at radius 3 is 1.00 bits per heavy atom. The summed E-state index contributed by atoms with van der Waals surface area (Å²) in [6.07, 6.45) is 5.51. The molecule has 0 spiro atoms. The predicted octanol–water partition coefficient (Wildman–Crippen LogP) is 2.63. The molecule has 0 unspecified atom stereocenters. The van der Waals surface area contributed by atoms with Crippen molar-refractivity contribution in [2.24, 2.45) is 0 Å². The van der Waals surface area contributed by atoms with Gasteiger partial charge in [0.05, 0.1) is 17.1 Å². The standard InChI is InChI=1S/C21H33BN6.I.Ni/c1-7-13-19(14(8-2)24-23-13)22(20-15(9-3)25-26-16(20)10-4)21-17(11-5)27-28-18(21)12-6;;/h7-12H2,1-6H3,(H,23,24)(H,25,26)(H,27,28);;. The van der Waals surface area contributed by atoms with Gasteiger partial charge in [-0.2, -0.15) is 15.3 Å². The van der Waals surface area contributed by atoms with Gasteiger partial charge in [-0.3, -0.25) is 15.3 Å². The minimum atomic E-state index is 0. The van der Waals surface area contributed by atoms with Gasteiger partial charge in [0.2, 0.25) is 0 Å². The van der Waals surface area contributed by atoms with Crippen molar-refractivity contribution in [2.45, 2.75) is 80.1 Å². The van der Waals surface area contributed by atoms with Crippen LogP contribution in [-0.4, -0.2) is 37.3 Å². The summed E-state index contributed by atoms with van der Waals surface area (Å²) in [5, 5.41) is 24.0. The maximum Gasteiger partial charge on any atom is 0.255 e. The first-order chi connectivity index (χ1) is 13.6. The maximum atomic E-state index is 4.68. The van der Waals surface area contributed by atoms with Gasteiger partial charge in [0.25, 0.3) is 6.71 Å². The van der Waals surface area contributed by atoms with Gasteiger partial charge in [-0.15, -0.1) is 0 Å². The molecule has 0 bridgehead atoms. The summed E-state index contributed by atoms with van der Waals surface area (Å²) >= 11 is 0. The van der Waals surface area contributed by atoms with Gasteiger partial charge in [0.15, 0.2) is 0 Å². The molecule has 6 nitrogen and oxygen atoms in total. The zero-order valence-electron chi connectivity index (χ0n) is 18.9. The van der Waals surface area contributed by atoms with E-state index < -0.39 is 0 Å². The molecule has 0 saturated heterocycles. The second-order valence-corrected chi connectivity index (χ2v) is 7.24. The third-order valence-electron chi connectivity index (χ3n) is 5.82. The minimum Gasteiger partial charge on any atom is -0.283 e. The van der Waals surface area contributed by atoms with Crippen molar-refractivity contribution >= 4 is 47.1 Å². The SMILES string of the molecule is CCc1n[nH]c(CC)c1B(c1c(CC)n[nH]c1CC)c1c(CC)n[nH]c1CC.[I].[Ni]. The number of hydrogen-bond donors (Lipinski definition) is 3. The van der Waals surface area contributed by atoms with E-state index in [1.54, 1.807) is 0 Å². The van der Waals surface area contributed by atoms with Crippen molar-refractivity contribution in [2.75, 3.05) is 0 Å². The van der Waals surface area contributed by atoms with Crippen molar-refractivity contribution in [3.63, 3.8) is 0 Å². The Labute approximate surface area is 207 Å². The van der Waals surface area contributed by atoms with Crippen molar-refractivity contribution in [1.29, 1.82) is 0 Å². The van der Waals surface area contributed by atoms with Crippen LogP contribution in [0.2, 0.25) is 0 Å². The summed E-state index contributed by atoms with van der Waals surface area (Å²) in [7, 11) is 0. The minimum absolute atomic E-state index is 0. The van der Waals surface area contributed by atoms with Crippen molar-refractivity contribution < 1.29 is 16.5 Å². The van der Waals surface area contributed by atoms with Crippen LogP contribution < -0.4 is 16.4 Å². The summed E-state index contributed by atoms with van der Waals surface area (Å²) < 4.78 is 0. The van der Waals surface area contributed by atoms with Crippen molar-refractivity contribution in [3.8, 4) is 0 Å². The summed E-state index contributed by atoms with van der Waals surface area (Å²) in [6.45, 7) is 13.2. The first kappa shape index (κ1) is 27.0. The maximum absolute atomic E-state index is 4.68. The molecular formula is C21H33BIN6Ni. The van der Waals surface area contributed by atoms with Crippen molar-refractivity contribution in [1.82, 2.24) is 30.6 Å². The van der Waals surface area contributed by atoms with E-state index in [9.17, 15) is 0 Å². The second kappa shape index (κ2) is 12.1. The average Bonchev–Trinajstić information content (AvgIpc) is 3.44. The normalized spacial score (nSPS) is 10.6. The van der Waals surface area contributed by atoms with E-state index in [1.807, 2.05) is 0 Å². The van der Waals surface area contributed by atoms with Gasteiger partial charge in [-0.25, -0.2) is 0 Å². The molecule has 167 valence electrons. The van der Waals surface area contributed by atoms with E-state index in [4.69, 9.17) is 0 Å². The number of hydrogen-bond acceptors (Lipinski definition) is 3. The van der Waals surface area contributed by atoms with Crippen LogP contribution >= 0.6 is 24.0 Å². The smallest absolute Gasteiger partial charge is 0.255 e. The Morgan fingerprint density at radius 1 is 0.533 bits per heavy atom. The molecular weight excluding hydrogens is 533 g/mol. The monoisotopic (exact) mass is 565 g/mol. The van der Waals surface area contributed by atoms with E-state index in [0.717, 1.165) is 55.6 Å². The fraction of sp³-hybridized carbons (Fsp3) is 0.571. The molecule has 1 radical (unpaired) electrons. The van der Waals surface area contributed by atoms with Gasteiger partial charge < -0.3 is 0 Å². The molecule has 0 aliphatic heterocycles. The molecule has 3 N–H and O–H groups in total. The number of aryl methyl sites for hydroxylation is 6. The number of H-pyrrole nitrogens is 3. The van der Waals surface area contributed by atoms with Crippen LogP contribution in [0.5, 0.6) is 0 Å². The first-order valence-corrected chi connectivity index (χ1v) is 10.8. The molecule has 0 fully saturated rings. The third-order valence-corrected chi connectivity index (χ3v) is 5.82. The molecule has 0 atom stereocenters. The Hall–Kier alpha value is -1.08. The molecule has 3 aromatic rings. The Balaban J connectivity index is 0.00000225.